The fraction of sp³-hybridized carbons (Fsp3) is 0.667. The maximum Gasteiger partial charge on any atom is 0.249 e. The maximum atomic E-state index is 12.9. The summed E-state index contributed by atoms with van der Waals surface area (Å²) in [6.07, 6.45) is 3.52. The molecule has 28 heavy (non-hydrogen) atoms. The van der Waals surface area contributed by atoms with Gasteiger partial charge in [0.1, 0.15) is 5.82 Å². The molecule has 0 aromatic carbocycles. The number of hydrazine groups is 1. The van der Waals surface area contributed by atoms with Crippen LogP contribution in [0, 0.1) is 12.8 Å². The second-order valence-electron chi connectivity index (χ2n) is 6.90. The molecule has 2 rings (SSSR count). The van der Waals surface area contributed by atoms with Crippen molar-refractivity contribution in [3.63, 3.8) is 0 Å². The standard InChI is InChI=1S/C18H30N6O4/c1-3-4-5-6-15(12-23(27)13-25)17(26)24(19)18-20-14(2)11-16(21-18)22-7-9-28-10-8-22/h11,13,15,27H,3-10,12,19H2,1-2H3. The van der Waals surface area contributed by atoms with E-state index in [2.05, 4.69) is 21.8 Å². The molecule has 1 aliphatic heterocycles. The molecule has 1 atom stereocenters. The quantitative estimate of drug-likeness (QED) is 0.150. The highest BCUT2D eigenvalue weighted by Gasteiger charge is 2.27. The molecule has 156 valence electrons. The Labute approximate surface area is 165 Å². The van der Waals surface area contributed by atoms with E-state index in [1.165, 1.54) is 0 Å². The van der Waals surface area contributed by atoms with Crippen LogP contribution >= 0.6 is 0 Å². The molecule has 2 heterocycles. The number of aryl methyl sites for hydroxylation is 1. The highest BCUT2D eigenvalue weighted by Crippen LogP contribution is 2.20. The molecule has 0 saturated carbocycles. The summed E-state index contributed by atoms with van der Waals surface area (Å²) in [6.45, 7) is 6.38. The van der Waals surface area contributed by atoms with Crippen molar-refractivity contribution in [3.05, 3.63) is 11.8 Å². The number of amides is 2. The lowest BCUT2D eigenvalue weighted by Gasteiger charge is -2.29. The smallest absolute Gasteiger partial charge is 0.249 e. The van der Waals surface area contributed by atoms with Gasteiger partial charge in [0.05, 0.1) is 25.7 Å². The Morgan fingerprint density at radius 1 is 1.39 bits per heavy atom. The number of hydroxylamine groups is 2. The van der Waals surface area contributed by atoms with Gasteiger partial charge in [0.15, 0.2) is 0 Å². The Morgan fingerprint density at radius 2 is 2.11 bits per heavy atom. The minimum atomic E-state index is -0.636. The largest absolute Gasteiger partial charge is 0.378 e. The van der Waals surface area contributed by atoms with E-state index in [1.54, 1.807) is 0 Å². The Balaban J connectivity index is 2.17. The lowest BCUT2D eigenvalue weighted by molar-refractivity contribution is -0.154. The molecule has 1 aliphatic rings. The number of nitrogens with two attached hydrogens (primary N) is 1. The van der Waals surface area contributed by atoms with Crippen molar-refractivity contribution < 1.29 is 19.5 Å². The summed E-state index contributed by atoms with van der Waals surface area (Å²) in [7, 11) is 0. The van der Waals surface area contributed by atoms with Gasteiger partial charge in [0.25, 0.3) is 0 Å². The molecule has 3 N–H and O–H groups in total. The van der Waals surface area contributed by atoms with Gasteiger partial charge in [-0.3, -0.25) is 14.8 Å². The van der Waals surface area contributed by atoms with E-state index in [0.717, 1.165) is 24.3 Å². The van der Waals surface area contributed by atoms with Crippen molar-refractivity contribution in [1.29, 1.82) is 0 Å². The molecule has 0 spiro atoms. The third kappa shape index (κ3) is 6.11. The number of nitrogens with zero attached hydrogens (tertiary/aromatic N) is 5. The van der Waals surface area contributed by atoms with Crippen molar-refractivity contribution in [2.24, 2.45) is 11.8 Å². The number of morpholine rings is 1. The first-order valence-corrected chi connectivity index (χ1v) is 9.64. The SMILES string of the molecule is CCCCCC(CN(O)C=O)C(=O)N(N)c1nc(C)cc(N2CCOCC2)n1. The summed E-state index contributed by atoms with van der Waals surface area (Å²) in [5.41, 5.74) is 0.689. The van der Waals surface area contributed by atoms with Crippen molar-refractivity contribution in [2.75, 3.05) is 42.8 Å². The van der Waals surface area contributed by atoms with Gasteiger partial charge in [-0.2, -0.15) is 4.98 Å². The summed E-state index contributed by atoms with van der Waals surface area (Å²) in [4.78, 5) is 34.5. The van der Waals surface area contributed by atoms with E-state index in [9.17, 15) is 14.8 Å². The first-order valence-electron chi connectivity index (χ1n) is 9.64. The summed E-state index contributed by atoms with van der Waals surface area (Å²) >= 11 is 0. The average molecular weight is 394 g/mol. The molecule has 0 radical (unpaired) electrons. The van der Waals surface area contributed by atoms with Crippen LogP contribution in [-0.4, -0.2) is 65.4 Å². The lowest BCUT2D eigenvalue weighted by atomic mass is 10.00. The second kappa shape index (κ2) is 10.9. The Hall–Kier alpha value is -2.30. The van der Waals surface area contributed by atoms with Gasteiger partial charge in [-0.05, 0) is 13.3 Å². The fourth-order valence-corrected chi connectivity index (χ4v) is 3.10. The molecule has 0 aliphatic carbocycles. The number of rotatable bonds is 10. The number of anilines is 2. The van der Waals surface area contributed by atoms with Crippen LogP contribution in [0.5, 0.6) is 0 Å². The van der Waals surface area contributed by atoms with Crippen LogP contribution in [0.1, 0.15) is 38.3 Å². The number of ether oxygens (including phenoxy) is 1. The monoisotopic (exact) mass is 394 g/mol. The Kier molecular flexibility index (Phi) is 8.55. The van der Waals surface area contributed by atoms with E-state index >= 15 is 0 Å². The van der Waals surface area contributed by atoms with E-state index in [4.69, 9.17) is 10.6 Å². The van der Waals surface area contributed by atoms with Crippen LogP contribution in [0.3, 0.4) is 0 Å². The minimum Gasteiger partial charge on any atom is -0.378 e. The molecule has 10 heteroatoms. The predicted octanol–water partition coefficient (Wildman–Crippen LogP) is 0.872. The van der Waals surface area contributed by atoms with Crippen LogP contribution in [0.25, 0.3) is 0 Å². The van der Waals surface area contributed by atoms with Crippen LogP contribution in [-0.2, 0) is 14.3 Å². The second-order valence-corrected chi connectivity index (χ2v) is 6.90. The third-order valence-electron chi connectivity index (χ3n) is 4.65. The van der Waals surface area contributed by atoms with Gasteiger partial charge in [-0.25, -0.2) is 20.9 Å². The molecular formula is C18H30N6O4. The van der Waals surface area contributed by atoms with Crippen molar-refractivity contribution in [2.45, 2.75) is 39.5 Å². The van der Waals surface area contributed by atoms with Crippen LogP contribution < -0.4 is 15.8 Å². The highest BCUT2D eigenvalue weighted by molar-refractivity contribution is 5.92. The fourth-order valence-electron chi connectivity index (χ4n) is 3.10. The molecule has 1 fully saturated rings. The molecule has 2 amide bonds. The molecule has 10 nitrogen and oxygen atoms in total. The van der Waals surface area contributed by atoms with Crippen LogP contribution in [0.15, 0.2) is 6.07 Å². The highest BCUT2D eigenvalue weighted by atomic mass is 16.5. The van der Waals surface area contributed by atoms with E-state index in [0.29, 0.717) is 49.3 Å². The van der Waals surface area contributed by atoms with E-state index < -0.39 is 11.8 Å². The van der Waals surface area contributed by atoms with Gasteiger partial charge >= 0.3 is 0 Å². The van der Waals surface area contributed by atoms with E-state index in [-0.39, 0.29) is 18.9 Å². The minimum absolute atomic E-state index is 0.0996. The molecule has 0 bridgehead atoms. The molecule has 1 saturated heterocycles. The third-order valence-corrected chi connectivity index (χ3v) is 4.65. The zero-order chi connectivity index (χ0) is 20.5. The van der Waals surface area contributed by atoms with Gasteiger partial charge in [-0.15, -0.1) is 0 Å². The molecular weight excluding hydrogens is 364 g/mol. The summed E-state index contributed by atoms with van der Waals surface area (Å²) in [5, 5.41) is 10.9. The summed E-state index contributed by atoms with van der Waals surface area (Å²) in [5.74, 6) is 5.77. The van der Waals surface area contributed by atoms with Crippen LogP contribution in [0.2, 0.25) is 0 Å². The Bertz CT molecular complexity index is 653. The van der Waals surface area contributed by atoms with Gasteiger partial charge in [0, 0.05) is 24.8 Å². The van der Waals surface area contributed by atoms with Crippen molar-refractivity contribution >= 4 is 24.1 Å². The number of hydrogen-bond acceptors (Lipinski definition) is 8. The van der Waals surface area contributed by atoms with Gasteiger partial charge in [-0.1, -0.05) is 26.2 Å². The zero-order valence-electron chi connectivity index (χ0n) is 16.6. The predicted molar refractivity (Wildman–Crippen MR) is 104 cm³/mol. The topological polar surface area (TPSA) is 125 Å². The lowest BCUT2D eigenvalue weighted by Crippen LogP contribution is -2.46. The number of unbranched alkanes of at least 4 members (excludes halogenated alkanes) is 2. The normalized spacial score (nSPS) is 15.2. The molecule has 1 unspecified atom stereocenters. The summed E-state index contributed by atoms with van der Waals surface area (Å²) < 4.78 is 5.36. The van der Waals surface area contributed by atoms with Gasteiger partial charge in [0.2, 0.25) is 18.3 Å². The Morgan fingerprint density at radius 3 is 2.75 bits per heavy atom. The summed E-state index contributed by atoms with van der Waals surface area (Å²) in [6, 6.07) is 1.84. The number of aromatic nitrogens is 2. The number of hydrogen-bond donors (Lipinski definition) is 2. The molecule has 1 aromatic heterocycles. The maximum absolute atomic E-state index is 12.9. The van der Waals surface area contributed by atoms with Crippen LogP contribution in [0.4, 0.5) is 11.8 Å². The molecule has 1 aromatic rings. The zero-order valence-corrected chi connectivity index (χ0v) is 16.6. The van der Waals surface area contributed by atoms with E-state index in [1.807, 2.05) is 13.0 Å². The number of carbonyl (C=O) groups excluding carboxylic acids is 2. The van der Waals surface area contributed by atoms with Crippen molar-refractivity contribution in [1.82, 2.24) is 15.0 Å². The first kappa shape index (κ1) is 22.0. The average Bonchev–Trinajstić information content (AvgIpc) is 2.72. The first-order chi connectivity index (χ1) is 13.5. The van der Waals surface area contributed by atoms with Crippen molar-refractivity contribution in [3.8, 4) is 0 Å². The van der Waals surface area contributed by atoms with Gasteiger partial charge < -0.3 is 9.64 Å². The number of carbonyl (C=O) groups is 2.